The van der Waals surface area contributed by atoms with Crippen molar-refractivity contribution in [1.82, 2.24) is 10.6 Å². The Hall–Kier alpha value is -1.26. The number of urea groups is 1. The van der Waals surface area contributed by atoms with E-state index in [-0.39, 0.29) is 12.3 Å². The predicted molar refractivity (Wildman–Crippen MR) is 67.2 cm³/mol. The lowest BCUT2D eigenvalue weighted by Gasteiger charge is -2.06. The van der Waals surface area contributed by atoms with Crippen molar-refractivity contribution in [1.29, 1.82) is 0 Å². The highest BCUT2D eigenvalue weighted by molar-refractivity contribution is 6.30. The molecular weight excluding hydrogens is 263 g/mol. The fraction of sp³-hybridized carbons (Fsp3) is 0.273. The van der Waals surface area contributed by atoms with Gasteiger partial charge in [-0.1, -0.05) is 23.7 Å². The van der Waals surface area contributed by atoms with Crippen LogP contribution >= 0.6 is 23.2 Å². The average Bonchev–Trinajstić information content (AvgIpc) is 2.28. The minimum atomic E-state index is -0.532. The van der Waals surface area contributed by atoms with Gasteiger partial charge < -0.3 is 5.32 Å². The zero-order chi connectivity index (χ0) is 12.7. The van der Waals surface area contributed by atoms with Gasteiger partial charge in [0.2, 0.25) is 5.91 Å². The van der Waals surface area contributed by atoms with E-state index in [0.717, 1.165) is 5.56 Å². The van der Waals surface area contributed by atoms with Crippen molar-refractivity contribution >= 4 is 35.1 Å². The second-order valence-corrected chi connectivity index (χ2v) is 4.11. The molecule has 4 nitrogen and oxygen atoms in total. The van der Waals surface area contributed by atoms with Gasteiger partial charge in [-0.2, -0.15) is 0 Å². The number of imide groups is 1. The lowest BCUT2D eigenvalue weighted by molar-refractivity contribution is -0.119. The number of amides is 3. The summed E-state index contributed by atoms with van der Waals surface area (Å²) in [4.78, 5) is 22.3. The summed E-state index contributed by atoms with van der Waals surface area (Å²) in [5.41, 5.74) is 0.898. The van der Waals surface area contributed by atoms with Crippen molar-refractivity contribution in [3.8, 4) is 0 Å². The number of carbonyl (C=O) groups excluding carboxylic acids is 2. The Morgan fingerprint density at radius 1 is 1.18 bits per heavy atom. The number of halogens is 2. The van der Waals surface area contributed by atoms with Crippen LogP contribution in [-0.2, 0) is 11.3 Å². The molecule has 3 amide bonds. The minimum absolute atomic E-state index is 0.121. The molecule has 0 aliphatic carbocycles. The molecule has 1 aromatic rings. The number of alkyl halides is 1. The summed E-state index contributed by atoms with van der Waals surface area (Å²) in [7, 11) is 0. The first-order valence-corrected chi connectivity index (χ1v) is 5.91. The Morgan fingerprint density at radius 3 is 2.41 bits per heavy atom. The Bertz CT molecular complexity index is 393. The Labute approximate surface area is 109 Å². The predicted octanol–water partition coefficient (Wildman–Crippen LogP) is 2.29. The minimum Gasteiger partial charge on any atom is -0.334 e. The van der Waals surface area contributed by atoms with Crippen LogP contribution in [0.5, 0.6) is 0 Å². The van der Waals surface area contributed by atoms with E-state index in [1.54, 1.807) is 24.3 Å². The fourth-order valence-corrected chi connectivity index (χ4v) is 1.40. The van der Waals surface area contributed by atoms with Crippen molar-refractivity contribution in [3.63, 3.8) is 0 Å². The summed E-state index contributed by atoms with van der Waals surface area (Å²) < 4.78 is 0. The van der Waals surface area contributed by atoms with E-state index in [1.807, 2.05) is 0 Å². The standard InChI is InChI=1S/C11H12Cl2N2O2/c12-6-5-10(16)15-11(17)14-7-8-1-3-9(13)4-2-8/h1-4H,5-7H2,(H2,14,15,16,17). The van der Waals surface area contributed by atoms with Gasteiger partial charge in [0.15, 0.2) is 0 Å². The van der Waals surface area contributed by atoms with Gasteiger partial charge in [0.1, 0.15) is 0 Å². The maximum absolute atomic E-state index is 11.3. The lowest BCUT2D eigenvalue weighted by atomic mass is 10.2. The summed E-state index contributed by atoms with van der Waals surface area (Å²) in [6.45, 7) is 0.331. The molecule has 0 fully saturated rings. The van der Waals surface area contributed by atoms with E-state index >= 15 is 0 Å². The number of rotatable bonds is 4. The van der Waals surface area contributed by atoms with Crippen LogP contribution < -0.4 is 10.6 Å². The van der Waals surface area contributed by atoms with Gasteiger partial charge in [-0.25, -0.2) is 4.79 Å². The molecule has 0 unspecified atom stereocenters. The van der Waals surface area contributed by atoms with Gasteiger partial charge >= 0.3 is 6.03 Å². The molecule has 0 atom stereocenters. The largest absolute Gasteiger partial charge is 0.334 e. The SMILES string of the molecule is O=C(CCCl)NC(=O)NCc1ccc(Cl)cc1. The summed E-state index contributed by atoms with van der Waals surface area (Å²) in [6.07, 6.45) is 0.121. The Morgan fingerprint density at radius 2 is 1.82 bits per heavy atom. The fourth-order valence-electron chi connectivity index (χ4n) is 1.10. The van der Waals surface area contributed by atoms with E-state index in [2.05, 4.69) is 10.6 Å². The quantitative estimate of drug-likeness (QED) is 0.828. The number of hydrogen-bond acceptors (Lipinski definition) is 2. The topological polar surface area (TPSA) is 58.2 Å². The molecule has 0 spiro atoms. The summed E-state index contributed by atoms with van der Waals surface area (Å²) in [6, 6.07) is 6.52. The molecule has 1 rings (SSSR count). The molecule has 0 radical (unpaired) electrons. The zero-order valence-electron chi connectivity index (χ0n) is 9.00. The van der Waals surface area contributed by atoms with Crippen molar-refractivity contribution in [2.45, 2.75) is 13.0 Å². The van der Waals surface area contributed by atoms with Crippen LogP contribution in [0.25, 0.3) is 0 Å². The van der Waals surface area contributed by atoms with Crippen LogP contribution in [0.1, 0.15) is 12.0 Å². The van der Waals surface area contributed by atoms with Gasteiger partial charge in [-0.05, 0) is 17.7 Å². The van der Waals surface area contributed by atoms with Crippen LogP contribution in [-0.4, -0.2) is 17.8 Å². The van der Waals surface area contributed by atoms with Crippen LogP contribution in [0.3, 0.4) is 0 Å². The first-order chi connectivity index (χ1) is 8.11. The van der Waals surface area contributed by atoms with Gasteiger partial charge in [0.05, 0.1) is 0 Å². The van der Waals surface area contributed by atoms with E-state index in [1.165, 1.54) is 0 Å². The molecule has 0 bridgehead atoms. The highest BCUT2D eigenvalue weighted by atomic mass is 35.5. The molecule has 92 valence electrons. The third-order valence-corrected chi connectivity index (χ3v) is 2.38. The van der Waals surface area contributed by atoms with Crippen molar-refractivity contribution in [3.05, 3.63) is 34.9 Å². The molecule has 0 aromatic heterocycles. The van der Waals surface area contributed by atoms with Crippen LogP contribution in [0, 0.1) is 0 Å². The van der Waals surface area contributed by atoms with E-state index in [0.29, 0.717) is 11.6 Å². The molecule has 0 heterocycles. The molecule has 1 aromatic carbocycles. The molecule has 6 heteroatoms. The van der Waals surface area contributed by atoms with E-state index in [9.17, 15) is 9.59 Å². The van der Waals surface area contributed by atoms with Gasteiger partial charge in [-0.3, -0.25) is 10.1 Å². The molecule has 0 saturated heterocycles. The third-order valence-electron chi connectivity index (χ3n) is 1.94. The van der Waals surface area contributed by atoms with Crippen LogP contribution in [0.4, 0.5) is 4.79 Å². The summed E-state index contributed by atoms with van der Waals surface area (Å²) >= 11 is 11.1. The van der Waals surface area contributed by atoms with Gasteiger partial charge in [0, 0.05) is 23.9 Å². The molecule has 0 saturated carbocycles. The van der Waals surface area contributed by atoms with Crippen LogP contribution in [0.2, 0.25) is 5.02 Å². The van der Waals surface area contributed by atoms with Crippen molar-refractivity contribution < 1.29 is 9.59 Å². The smallest absolute Gasteiger partial charge is 0.321 e. The number of benzene rings is 1. The molecule has 17 heavy (non-hydrogen) atoms. The zero-order valence-corrected chi connectivity index (χ0v) is 10.5. The number of hydrogen-bond donors (Lipinski definition) is 2. The summed E-state index contributed by atoms with van der Waals surface area (Å²) in [5.74, 6) is -0.204. The summed E-state index contributed by atoms with van der Waals surface area (Å²) in [5, 5.41) is 5.35. The highest BCUT2D eigenvalue weighted by Gasteiger charge is 2.05. The maximum atomic E-state index is 11.3. The molecule has 0 aliphatic rings. The molecule has 0 aliphatic heterocycles. The Balaban J connectivity index is 2.33. The monoisotopic (exact) mass is 274 g/mol. The van der Waals surface area contributed by atoms with E-state index < -0.39 is 11.9 Å². The number of carbonyl (C=O) groups is 2. The maximum Gasteiger partial charge on any atom is 0.321 e. The Kier molecular flexibility index (Phi) is 5.80. The first kappa shape index (κ1) is 13.8. The van der Waals surface area contributed by atoms with Gasteiger partial charge in [-0.15, -0.1) is 11.6 Å². The average molecular weight is 275 g/mol. The highest BCUT2D eigenvalue weighted by Crippen LogP contribution is 2.08. The first-order valence-electron chi connectivity index (χ1n) is 5.00. The van der Waals surface area contributed by atoms with Gasteiger partial charge in [0.25, 0.3) is 0 Å². The molecule has 2 N–H and O–H groups in total. The normalized spacial score (nSPS) is 9.76. The molecular formula is C11H12Cl2N2O2. The van der Waals surface area contributed by atoms with Crippen LogP contribution in [0.15, 0.2) is 24.3 Å². The van der Waals surface area contributed by atoms with Crippen molar-refractivity contribution in [2.24, 2.45) is 0 Å². The van der Waals surface area contributed by atoms with Crippen molar-refractivity contribution in [2.75, 3.05) is 5.88 Å². The lowest BCUT2D eigenvalue weighted by Crippen LogP contribution is -2.39. The third kappa shape index (κ3) is 5.56. The second-order valence-electron chi connectivity index (χ2n) is 3.30. The number of nitrogens with one attached hydrogen (secondary N) is 2. The second kappa shape index (κ2) is 7.14. The van der Waals surface area contributed by atoms with E-state index in [4.69, 9.17) is 23.2 Å².